The van der Waals surface area contributed by atoms with Gasteiger partial charge in [-0.3, -0.25) is 4.79 Å². The van der Waals surface area contributed by atoms with Crippen LogP contribution in [0, 0.1) is 0 Å². The second-order valence-electron chi connectivity index (χ2n) is 5.22. The number of carbonyl (C=O) groups excluding carboxylic acids is 1. The van der Waals surface area contributed by atoms with Crippen LogP contribution in [-0.4, -0.2) is 41.5 Å². The summed E-state index contributed by atoms with van der Waals surface area (Å²) in [5.41, 5.74) is 5.92. The maximum Gasteiger partial charge on any atom is 0.265 e. The van der Waals surface area contributed by atoms with E-state index in [4.69, 9.17) is 5.73 Å². The number of amides is 1. The van der Waals surface area contributed by atoms with Crippen LogP contribution in [0.4, 0.5) is 10.9 Å². The molecule has 7 heteroatoms. The Bertz CT molecular complexity index is 487. The number of nitrogen functional groups attached to an aromatic ring is 1. The number of anilines is 2. The fourth-order valence-corrected chi connectivity index (χ4v) is 4.46. The summed E-state index contributed by atoms with van der Waals surface area (Å²) in [5.74, 6) is 0.272. The van der Waals surface area contributed by atoms with E-state index < -0.39 is 0 Å². The van der Waals surface area contributed by atoms with Crippen LogP contribution in [-0.2, 0) is 0 Å². The van der Waals surface area contributed by atoms with E-state index in [1.165, 1.54) is 17.8 Å². The molecule has 21 heavy (non-hydrogen) atoms. The zero-order chi connectivity index (χ0) is 15.4. The van der Waals surface area contributed by atoms with Gasteiger partial charge in [0.1, 0.15) is 10.7 Å². The largest absolute Gasteiger partial charge is 0.382 e. The predicted molar refractivity (Wildman–Crippen MR) is 92.5 cm³/mol. The molecule has 1 saturated carbocycles. The van der Waals surface area contributed by atoms with Gasteiger partial charge in [0.05, 0.1) is 0 Å². The van der Waals surface area contributed by atoms with E-state index in [0.29, 0.717) is 15.9 Å². The van der Waals surface area contributed by atoms with Crippen LogP contribution in [0.1, 0.15) is 42.8 Å². The number of nitrogens with two attached hydrogens (primary N) is 1. The highest BCUT2D eigenvalue weighted by atomic mass is 32.2. The number of thioether (sulfide) groups is 1. The number of rotatable bonds is 6. The molecule has 0 radical (unpaired) electrons. The second-order valence-corrected chi connectivity index (χ2v) is 7.34. The van der Waals surface area contributed by atoms with Gasteiger partial charge < -0.3 is 16.0 Å². The normalized spacial score (nSPS) is 21.5. The molecule has 1 heterocycles. The molecule has 0 saturated heterocycles. The summed E-state index contributed by atoms with van der Waals surface area (Å²) in [5, 5.41) is 4.60. The average molecular weight is 329 g/mol. The lowest BCUT2D eigenvalue weighted by Gasteiger charge is -2.16. The lowest BCUT2D eigenvalue weighted by Crippen LogP contribution is -2.33. The van der Waals surface area contributed by atoms with E-state index in [1.54, 1.807) is 0 Å². The number of hydrogen-bond donors (Lipinski definition) is 2. The first-order valence-corrected chi connectivity index (χ1v) is 9.54. The van der Waals surface area contributed by atoms with Gasteiger partial charge in [0.15, 0.2) is 5.13 Å². The Morgan fingerprint density at radius 1 is 1.48 bits per heavy atom. The first-order valence-electron chi connectivity index (χ1n) is 7.43. The molecule has 0 spiro atoms. The number of nitrogens with zero attached hydrogens (tertiary/aromatic N) is 2. The summed E-state index contributed by atoms with van der Waals surface area (Å²) in [7, 11) is 0. The average Bonchev–Trinajstić information content (AvgIpc) is 3.07. The van der Waals surface area contributed by atoms with Crippen LogP contribution >= 0.6 is 23.1 Å². The van der Waals surface area contributed by atoms with Crippen molar-refractivity contribution in [2.75, 3.05) is 30.0 Å². The van der Waals surface area contributed by atoms with Crippen LogP contribution < -0.4 is 16.0 Å². The summed E-state index contributed by atoms with van der Waals surface area (Å²) in [6, 6.07) is 0.272. The number of aromatic nitrogens is 1. The maximum absolute atomic E-state index is 12.4. The lowest BCUT2D eigenvalue weighted by molar-refractivity contribution is 0.0943. The van der Waals surface area contributed by atoms with Crippen LogP contribution in [0.5, 0.6) is 0 Å². The smallest absolute Gasteiger partial charge is 0.265 e. The first-order chi connectivity index (χ1) is 10.1. The Balaban J connectivity index is 2.02. The molecular weight excluding hydrogens is 304 g/mol. The van der Waals surface area contributed by atoms with Gasteiger partial charge in [-0.15, -0.1) is 0 Å². The van der Waals surface area contributed by atoms with Gasteiger partial charge in [-0.2, -0.15) is 11.8 Å². The molecule has 0 aliphatic heterocycles. The van der Waals surface area contributed by atoms with E-state index >= 15 is 0 Å². The molecule has 2 rings (SSSR count). The highest BCUT2D eigenvalue weighted by molar-refractivity contribution is 7.99. The summed E-state index contributed by atoms with van der Waals surface area (Å²) in [4.78, 5) is 19.4. The molecule has 118 valence electrons. The molecule has 1 aromatic rings. The minimum atomic E-state index is -0.0739. The van der Waals surface area contributed by atoms with Crippen LogP contribution in [0.15, 0.2) is 0 Å². The number of nitrogens with one attached hydrogen (secondary N) is 1. The predicted octanol–water partition coefficient (Wildman–Crippen LogP) is 2.59. The lowest BCUT2D eigenvalue weighted by atomic mass is 10.2. The fraction of sp³-hybridized carbons (Fsp3) is 0.714. The monoisotopic (exact) mass is 328 g/mol. The Kier molecular flexibility index (Phi) is 5.75. The SMILES string of the molecule is CCN(CC)c1nc(N)c(C(=O)NC2CCC(SC)C2)s1. The van der Waals surface area contributed by atoms with E-state index in [1.807, 2.05) is 11.8 Å². The van der Waals surface area contributed by atoms with E-state index in [-0.39, 0.29) is 11.9 Å². The quantitative estimate of drug-likeness (QED) is 0.840. The van der Waals surface area contributed by atoms with Crippen molar-refractivity contribution in [3.05, 3.63) is 4.88 Å². The number of hydrogen-bond acceptors (Lipinski definition) is 6. The van der Waals surface area contributed by atoms with Crippen molar-refractivity contribution in [1.82, 2.24) is 10.3 Å². The highest BCUT2D eigenvalue weighted by Crippen LogP contribution is 2.30. The van der Waals surface area contributed by atoms with Crippen LogP contribution in [0.2, 0.25) is 0 Å². The van der Waals surface area contributed by atoms with Crippen molar-refractivity contribution < 1.29 is 4.79 Å². The van der Waals surface area contributed by atoms with E-state index in [0.717, 1.165) is 31.1 Å². The minimum absolute atomic E-state index is 0.0739. The Labute approximate surface area is 134 Å². The van der Waals surface area contributed by atoms with Crippen LogP contribution in [0.25, 0.3) is 0 Å². The molecule has 1 amide bonds. The summed E-state index contributed by atoms with van der Waals surface area (Å²) >= 11 is 3.27. The molecule has 0 aromatic carbocycles. The third-order valence-corrected chi connectivity index (χ3v) is 6.16. The van der Waals surface area contributed by atoms with Gasteiger partial charge in [0.2, 0.25) is 0 Å². The highest BCUT2D eigenvalue weighted by Gasteiger charge is 2.27. The van der Waals surface area contributed by atoms with Gasteiger partial charge in [-0.05, 0) is 39.4 Å². The third-order valence-electron chi connectivity index (χ3n) is 3.94. The Hall–Kier alpha value is -0.950. The topological polar surface area (TPSA) is 71.2 Å². The molecule has 5 nitrogen and oxygen atoms in total. The van der Waals surface area contributed by atoms with Gasteiger partial charge in [0, 0.05) is 24.4 Å². The summed E-state index contributed by atoms with van der Waals surface area (Å²) in [6.07, 6.45) is 5.41. The first kappa shape index (κ1) is 16.4. The molecule has 2 unspecified atom stereocenters. The third kappa shape index (κ3) is 3.83. The van der Waals surface area contributed by atoms with Gasteiger partial charge >= 0.3 is 0 Å². The van der Waals surface area contributed by atoms with Crippen LogP contribution in [0.3, 0.4) is 0 Å². The second kappa shape index (κ2) is 7.35. The summed E-state index contributed by atoms with van der Waals surface area (Å²) < 4.78 is 0. The molecule has 1 aliphatic rings. The summed E-state index contributed by atoms with van der Waals surface area (Å²) in [6.45, 7) is 5.87. The molecular formula is C14H24N4OS2. The molecule has 1 fully saturated rings. The molecule has 1 aliphatic carbocycles. The van der Waals surface area contributed by atoms with Crippen molar-refractivity contribution in [3.8, 4) is 0 Å². The Morgan fingerprint density at radius 2 is 2.19 bits per heavy atom. The number of thiazole rings is 1. The zero-order valence-electron chi connectivity index (χ0n) is 12.9. The van der Waals surface area contributed by atoms with Crippen molar-refractivity contribution in [1.29, 1.82) is 0 Å². The van der Waals surface area contributed by atoms with Gasteiger partial charge in [-0.1, -0.05) is 11.3 Å². The number of carbonyl (C=O) groups is 1. The van der Waals surface area contributed by atoms with Gasteiger partial charge in [0.25, 0.3) is 5.91 Å². The van der Waals surface area contributed by atoms with Gasteiger partial charge in [-0.25, -0.2) is 4.98 Å². The van der Waals surface area contributed by atoms with Crippen molar-refractivity contribution in [2.24, 2.45) is 0 Å². The standard InChI is InChI=1S/C14H24N4OS2/c1-4-18(5-2)14-17-12(15)11(21-14)13(19)16-9-6-7-10(8-9)20-3/h9-10H,4-8,15H2,1-3H3,(H,16,19). The van der Waals surface area contributed by atoms with E-state index in [9.17, 15) is 4.79 Å². The van der Waals surface area contributed by atoms with Crippen molar-refractivity contribution in [3.63, 3.8) is 0 Å². The molecule has 2 atom stereocenters. The molecule has 0 bridgehead atoms. The molecule has 1 aromatic heterocycles. The fourth-order valence-electron chi connectivity index (χ4n) is 2.65. The zero-order valence-corrected chi connectivity index (χ0v) is 14.5. The minimum Gasteiger partial charge on any atom is -0.382 e. The van der Waals surface area contributed by atoms with E-state index in [2.05, 4.69) is 35.3 Å². The van der Waals surface area contributed by atoms with Crippen molar-refractivity contribution in [2.45, 2.75) is 44.4 Å². The maximum atomic E-state index is 12.4. The Morgan fingerprint density at radius 3 is 2.76 bits per heavy atom. The molecule has 3 N–H and O–H groups in total. The van der Waals surface area contributed by atoms with Crippen molar-refractivity contribution >= 4 is 40.0 Å².